The maximum Gasteiger partial charge on any atom is 0.131 e. The normalized spacial score (nSPS) is 14.4. The predicted octanol–water partition coefficient (Wildman–Crippen LogP) is 1.37. The molecule has 0 amide bonds. The van der Waals surface area contributed by atoms with Crippen molar-refractivity contribution in [2.24, 2.45) is 16.6 Å². The van der Waals surface area contributed by atoms with E-state index in [1.807, 2.05) is 6.92 Å². The van der Waals surface area contributed by atoms with Crippen LogP contribution in [0.3, 0.4) is 0 Å². The highest BCUT2D eigenvalue weighted by Gasteiger charge is 2.02. The van der Waals surface area contributed by atoms with Crippen LogP contribution in [-0.2, 0) is 4.79 Å². The molecule has 0 saturated carbocycles. The van der Waals surface area contributed by atoms with Gasteiger partial charge in [0.2, 0.25) is 0 Å². The van der Waals surface area contributed by atoms with Gasteiger partial charge in [-0.05, 0) is 13.3 Å². The average molecular weight is 170 g/mol. The van der Waals surface area contributed by atoms with E-state index in [-0.39, 0.29) is 5.78 Å². The van der Waals surface area contributed by atoms with Crippen LogP contribution in [0.15, 0.2) is 4.99 Å². The molecule has 3 nitrogen and oxygen atoms in total. The number of nitrogens with two attached hydrogens (primary N) is 1. The minimum atomic E-state index is 0.163. The lowest BCUT2D eigenvalue weighted by atomic mass is 10.1. The number of hydrogen-bond donors (Lipinski definition) is 1. The fourth-order valence-corrected chi connectivity index (χ4v) is 0.707. The van der Waals surface area contributed by atoms with E-state index in [0.29, 0.717) is 24.7 Å². The van der Waals surface area contributed by atoms with E-state index in [9.17, 15) is 4.79 Å². The third-order valence-corrected chi connectivity index (χ3v) is 1.88. The van der Waals surface area contributed by atoms with Gasteiger partial charge in [0.25, 0.3) is 0 Å². The topological polar surface area (TPSA) is 55.4 Å². The van der Waals surface area contributed by atoms with Crippen LogP contribution in [0.5, 0.6) is 0 Å². The molecule has 0 aliphatic heterocycles. The van der Waals surface area contributed by atoms with E-state index in [4.69, 9.17) is 5.73 Å². The van der Waals surface area contributed by atoms with E-state index in [2.05, 4.69) is 11.9 Å². The Morgan fingerprint density at radius 2 is 2.17 bits per heavy atom. The van der Waals surface area contributed by atoms with Crippen LogP contribution in [0.1, 0.15) is 33.6 Å². The van der Waals surface area contributed by atoms with Crippen LogP contribution in [0, 0.1) is 5.92 Å². The number of rotatable bonds is 5. The van der Waals surface area contributed by atoms with Gasteiger partial charge in [-0.3, -0.25) is 9.79 Å². The van der Waals surface area contributed by atoms with Crippen LogP contribution in [0.2, 0.25) is 0 Å². The highest BCUT2D eigenvalue weighted by atomic mass is 16.1. The first-order valence-corrected chi connectivity index (χ1v) is 4.37. The molecular formula is C9H18N2O. The molecule has 12 heavy (non-hydrogen) atoms. The van der Waals surface area contributed by atoms with Crippen molar-refractivity contribution in [1.82, 2.24) is 0 Å². The molecule has 1 atom stereocenters. The van der Waals surface area contributed by atoms with E-state index >= 15 is 0 Å². The summed E-state index contributed by atoms with van der Waals surface area (Å²) < 4.78 is 0. The standard InChI is InChI=1S/C9H18N2O/c1-4-7(2)9(10)11-6-5-8(3)12/h7H,4-6H2,1-3H3,(H2,10,11). The van der Waals surface area contributed by atoms with Crippen LogP contribution in [-0.4, -0.2) is 18.2 Å². The van der Waals surface area contributed by atoms with Gasteiger partial charge in [0.1, 0.15) is 5.78 Å². The number of hydrogen-bond acceptors (Lipinski definition) is 2. The molecule has 0 saturated heterocycles. The number of carbonyl (C=O) groups is 1. The quantitative estimate of drug-likeness (QED) is 0.500. The highest BCUT2D eigenvalue weighted by Crippen LogP contribution is 2.00. The monoisotopic (exact) mass is 170 g/mol. The maximum absolute atomic E-state index is 10.6. The Bertz CT molecular complexity index is 175. The summed E-state index contributed by atoms with van der Waals surface area (Å²) in [5, 5.41) is 0. The minimum Gasteiger partial charge on any atom is -0.387 e. The molecular weight excluding hydrogens is 152 g/mol. The molecule has 0 radical (unpaired) electrons. The van der Waals surface area contributed by atoms with Crippen molar-refractivity contribution in [1.29, 1.82) is 0 Å². The SMILES string of the molecule is CCC(C)C(N)=NCCC(C)=O. The van der Waals surface area contributed by atoms with Crippen molar-refractivity contribution < 1.29 is 4.79 Å². The van der Waals surface area contributed by atoms with E-state index < -0.39 is 0 Å². The second-order valence-electron chi connectivity index (χ2n) is 3.07. The lowest BCUT2D eigenvalue weighted by molar-refractivity contribution is -0.116. The number of carbonyl (C=O) groups excluding carboxylic acids is 1. The Morgan fingerprint density at radius 3 is 2.58 bits per heavy atom. The van der Waals surface area contributed by atoms with Crippen molar-refractivity contribution in [2.45, 2.75) is 33.6 Å². The third kappa shape index (κ3) is 4.88. The van der Waals surface area contributed by atoms with Gasteiger partial charge in [0, 0.05) is 18.9 Å². The Kier molecular flexibility index (Phi) is 5.34. The number of amidine groups is 1. The first-order chi connectivity index (χ1) is 5.57. The summed E-state index contributed by atoms with van der Waals surface area (Å²) in [5.74, 6) is 1.16. The van der Waals surface area contributed by atoms with Gasteiger partial charge in [-0.2, -0.15) is 0 Å². The average Bonchev–Trinajstić information content (AvgIpc) is 2.02. The summed E-state index contributed by atoms with van der Waals surface area (Å²) in [6.45, 7) is 6.20. The van der Waals surface area contributed by atoms with Crippen LogP contribution in [0.25, 0.3) is 0 Å². The lowest BCUT2D eigenvalue weighted by Crippen LogP contribution is -2.21. The number of ketones is 1. The van der Waals surface area contributed by atoms with Crippen molar-refractivity contribution in [2.75, 3.05) is 6.54 Å². The molecule has 0 aliphatic rings. The fourth-order valence-electron chi connectivity index (χ4n) is 0.707. The highest BCUT2D eigenvalue weighted by molar-refractivity contribution is 5.83. The van der Waals surface area contributed by atoms with Gasteiger partial charge in [-0.25, -0.2) is 0 Å². The summed E-state index contributed by atoms with van der Waals surface area (Å²) >= 11 is 0. The van der Waals surface area contributed by atoms with E-state index in [0.717, 1.165) is 6.42 Å². The molecule has 0 rings (SSSR count). The van der Waals surface area contributed by atoms with Gasteiger partial charge >= 0.3 is 0 Å². The number of Topliss-reactive ketones (excluding diaryl/α,β-unsaturated/α-hetero) is 1. The largest absolute Gasteiger partial charge is 0.387 e. The fraction of sp³-hybridized carbons (Fsp3) is 0.778. The van der Waals surface area contributed by atoms with Gasteiger partial charge < -0.3 is 5.73 Å². The maximum atomic E-state index is 10.6. The zero-order chi connectivity index (χ0) is 9.56. The second-order valence-corrected chi connectivity index (χ2v) is 3.07. The first kappa shape index (κ1) is 11.1. The summed E-state index contributed by atoms with van der Waals surface area (Å²) in [6.07, 6.45) is 1.49. The van der Waals surface area contributed by atoms with Crippen molar-refractivity contribution in [3.05, 3.63) is 0 Å². The molecule has 0 spiro atoms. The summed E-state index contributed by atoms with van der Waals surface area (Å²) in [7, 11) is 0. The lowest BCUT2D eigenvalue weighted by Gasteiger charge is -2.06. The number of nitrogens with zero attached hydrogens (tertiary/aromatic N) is 1. The number of aliphatic imine (C=N–C) groups is 1. The Hall–Kier alpha value is -0.860. The van der Waals surface area contributed by atoms with Gasteiger partial charge in [0.05, 0.1) is 5.84 Å². The van der Waals surface area contributed by atoms with E-state index in [1.165, 1.54) is 0 Å². The summed E-state index contributed by atoms with van der Waals surface area (Å²) in [5.41, 5.74) is 5.65. The molecule has 0 aromatic rings. The van der Waals surface area contributed by atoms with Crippen molar-refractivity contribution >= 4 is 11.6 Å². The molecule has 0 aromatic carbocycles. The van der Waals surface area contributed by atoms with Crippen LogP contribution >= 0.6 is 0 Å². The first-order valence-electron chi connectivity index (χ1n) is 4.37. The van der Waals surface area contributed by atoms with E-state index in [1.54, 1.807) is 6.92 Å². The molecule has 2 N–H and O–H groups in total. The molecule has 0 bridgehead atoms. The Morgan fingerprint density at radius 1 is 1.58 bits per heavy atom. The molecule has 0 aromatic heterocycles. The van der Waals surface area contributed by atoms with Gasteiger partial charge in [-0.15, -0.1) is 0 Å². The van der Waals surface area contributed by atoms with Gasteiger partial charge in [-0.1, -0.05) is 13.8 Å². The predicted molar refractivity (Wildman–Crippen MR) is 51.2 cm³/mol. The molecule has 3 heteroatoms. The summed E-state index contributed by atoms with van der Waals surface area (Å²) in [6, 6.07) is 0. The summed E-state index contributed by atoms with van der Waals surface area (Å²) in [4.78, 5) is 14.7. The molecule has 0 aliphatic carbocycles. The van der Waals surface area contributed by atoms with Crippen molar-refractivity contribution in [3.8, 4) is 0 Å². The zero-order valence-corrected chi connectivity index (χ0v) is 8.13. The third-order valence-electron chi connectivity index (χ3n) is 1.88. The van der Waals surface area contributed by atoms with Crippen molar-refractivity contribution in [3.63, 3.8) is 0 Å². The van der Waals surface area contributed by atoms with Crippen LogP contribution in [0.4, 0.5) is 0 Å². The smallest absolute Gasteiger partial charge is 0.131 e. The van der Waals surface area contributed by atoms with Gasteiger partial charge in [0.15, 0.2) is 0 Å². The molecule has 0 heterocycles. The molecule has 70 valence electrons. The Balaban J connectivity index is 3.76. The minimum absolute atomic E-state index is 0.163. The zero-order valence-electron chi connectivity index (χ0n) is 8.13. The Labute approximate surface area is 74.1 Å². The second kappa shape index (κ2) is 5.75. The van der Waals surface area contributed by atoms with Crippen LogP contribution < -0.4 is 5.73 Å². The molecule has 0 fully saturated rings. The molecule has 1 unspecified atom stereocenters.